The molecule has 13 heavy (non-hydrogen) atoms. The summed E-state index contributed by atoms with van der Waals surface area (Å²) < 4.78 is 1.81. The zero-order valence-corrected chi connectivity index (χ0v) is 8.66. The van der Waals surface area contributed by atoms with Crippen LogP contribution in [0.2, 0.25) is 0 Å². The van der Waals surface area contributed by atoms with Crippen molar-refractivity contribution in [3.63, 3.8) is 0 Å². The molecule has 1 aromatic rings. The van der Waals surface area contributed by atoms with Crippen molar-refractivity contribution in [1.82, 2.24) is 9.78 Å². The first-order valence-electron chi connectivity index (χ1n) is 4.30. The Kier molecular flexibility index (Phi) is 2.73. The molecule has 0 aromatic carbocycles. The van der Waals surface area contributed by atoms with Gasteiger partial charge in [-0.15, -0.1) is 0 Å². The molecule has 0 amide bonds. The van der Waals surface area contributed by atoms with E-state index in [1.165, 1.54) is 5.56 Å². The minimum atomic E-state index is -0.125. The van der Waals surface area contributed by atoms with Crippen molar-refractivity contribution in [2.45, 2.75) is 26.2 Å². The maximum absolute atomic E-state index is 5.07. The maximum atomic E-state index is 5.07. The van der Waals surface area contributed by atoms with Crippen LogP contribution in [0.4, 0.5) is 0 Å². The number of aromatic nitrogens is 2. The van der Waals surface area contributed by atoms with Crippen molar-refractivity contribution >= 4 is 0 Å². The summed E-state index contributed by atoms with van der Waals surface area (Å²) in [5.41, 5.74) is 2.09. The quantitative estimate of drug-likeness (QED) is 0.708. The van der Waals surface area contributed by atoms with Crippen LogP contribution in [-0.2, 0) is 17.3 Å². The van der Waals surface area contributed by atoms with Gasteiger partial charge < -0.3 is 4.84 Å². The highest BCUT2D eigenvalue weighted by molar-refractivity contribution is 5.23. The molecule has 0 fully saturated rings. The Morgan fingerprint density at radius 1 is 1.62 bits per heavy atom. The third kappa shape index (κ3) is 2.08. The van der Waals surface area contributed by atoms with Crippen molar-refractivity contribution < 1.29 is 4.84 Å². The van der Waals surface area contributed by atoms with Gasteiger partial charge in [0.25, 0.3) is 0 Å². The van der Waals surface area contributed by atoms with Crippen molar-refractivity contribution in [3.05, 3.63) is 17.5 Å². The molecule has 1 aromatic heterocycles. The lowest BCUT2D eigenvalue weighted by molar-refractivity contribution is 0.0945. The predicted molar refractivity (Wildman–Crippen MR) is 51.1 cm³/mol. The van der Waals surface area contributed by atoms with E-state index in [4.69, 9.17) is 5.90 Å². The monoisotopic (exact) mass is 183 g/mol. The molecule has 0 saturated carbocycles. The summed E-state index contributed by atoms with van der Waals surface area (Å²) in [6.07, 6.45) is 1.99. The Morgan fingerprint density at radius 2 is 2.23 bits per heavy atom. The van der Waals surface area contributed by atoms with Gasteiger partial charge in [0.15, 0.2) is 0 Å². The molecule has 4 heteroatoms. The van der Waals surface area contributed by atoms with E-state index in [-0.39, 0.29) is 5.41 Å². The van der Waals surface area contributed by atoms with Crippen LogP contribution in [0.5, 0.6) is 0 Å². The number of nitrogens with two attached hydrogens (primary N) is 1. The Morgan fingerprint density at radius 3 is 2.62 bits per heavy atom. The van der Waals surface area contributed by atoms with Gasteiger partial charge in [0.2, 0.25) is 0 Å². The SMILES string of the molecule is Cc1cn(C)nc1C(C)(C)CON. The molecule has 4 nitrogen and oxygen atoms in total. The van der Waals surface area contributed by atoms with Gasteiger partial charge >= 0.3 is 0 Å². The Balaban J connectivity index is 2.98. The summed E-state index contributed by atoms with van der Waals surface area (Å²) in [5.74, 6) is 5.07. The van der Waals surface area contributed by atoms with E-state index in [9.17, 15) is 0 Å². The van der Waals surface area contributed by atoms with Crippen molar-refractivity contribution in [2.75, 3.05) is 6.61 Å². The molecule has 0 aliphatic rings. The summed E-state index contributed by atoms with van der Waals surface area (Å²) in [5, 5.41) is 4.38. The van der Waals surface area contributed by atoms with Gasteiger partial charge in [-0.05, 0) is 12.5 Å². The smallest absolute Gasteiger partial charge is 0.0786 e. The summed E-state index contributed by atoms with van der Waals surface area (Å²) in [6, 6.07) is 0. The van der Waals surface area contributed by atoms with Gasteiger partial charge in [0.1, 0.15) is 0 Å². The molecule has 1 heterocycles. The minimum absolute atomic E-state index is 0.125. The molecule has 1 rings (SSSR count). The highest BCUT2D eigenvalue weighted by Crippen LogP contribution is 2.24. The predicted octanol–water partition coefficient (Wildman–Crippen LogP) is 0.896. The highest BCUT2D eigenvalue weighted by Gasteiger charge is 2.25. The van der Waals surface area contributed by atoms with Gasteiger partial charge in [0, 0.05) is 18.7 Å². The number of hydrogen-bond acceptors (Lipinski definition) is 3. The first kappa shape index (κ1) is 10.2. The summed E-state index contributed by atoms with van der Waals surface area (Å²) in [4.78, 5) is 4.68. The largest absolute Gasteiger partial charge is 0.304 e. The zero-order chi connectivity index (χ0) is 10.1. The third-order valence-corrected chi connectivity index (χ3v) is 2.10. The first-order valence-corrected chi connectivity index (χ1v) is 4.30. The van der Waals surface area contributed by atoms with Gasteiger partial charge in [-0.25, -0.2) is 5.90 Å². The molecular formula is C9H17N3O. The van der Waals surface area contributed by atoms with Gasteiger partial charge in [0.05, 0.1) is 12.3 Å². The van der Waals surface area contributed by atoms with Crippen molar-refractivity contribution in [1.29, 1.82) is 0 Å². The van der Waals surface area contributed by atoms with Crippen LogP contribution >= 0.6 is 0 Å². The van der Waals surface area contributed by atoms with Crippen molar-refractivity contribution in [3.8, 4) is 0 Å². The normalized spacial score (nSPS) is 12.1. The molecule has 0 spiro atoms. The molecule has 74 valence electrons. The number of aryl methyl sites for hydroxylation is 2. The lowest BCUT2D eigenvalue weighted by Gasteiger charge is -2.21. The second kappa shape index (κ2) is 3.47. The second-order valence-corrected chi connectivity index (χ2v) is 4.03. The molecular weight excluding hydrogens is 166 g/mol. The number of nitrogens with zero attached hydrogens (tertiary/aromatic N) is 2. The fourth-order valence-corrected chi connectivity index (χ4v) is 1.55. The lowest BCUT2D eigenvalue weighted by Crippen LogP contribution is -2.27. The number of hydrogen-bond donors (Lipinski definition) is 1. The average Bonchev–Trinajstić information content (AvgIpc) is 2.30. The first-order chi connectivity index (χ1) is 5.97. The highest BCUT2D eigenvalue weighted by atomic mass is 16.6. The van der Waals surface area contributed by atoms with Crippen LogP contribution in [-0.4, -0.2) is 16.4 Å². The van der Waals surface area contributed by atoms with Crippen LogP contribution in [0.15, 0.2) is 6.20 Å². The molecule has 0 aliphatic carbocycles. The van der Waals surface area contributed by atoms with E-state index < -0.39 is 0 Å². The Labute approximate surface area is 78.6 Å². The number of rotatable bonds is 3. The molecule has 0 radical (unpaired) electrons. The van der Waals surface area contributed by atoms with Crippen LogP contribution < -0.4 is 5.90 Å². The van der Waals surface area contributed by atoms with Gasteiger partial charge in [-0.2, -0.15) is 5.10 Å². The molecule has 0 unspecified atom stereocenters. The Bertz CT molecular complexity index is 291. The summed E-state index contributed by atoms with van der Waals surface area (Å²) >= 11 is 0. The standard InChI is InChI=1S/C9H17N3O/c1-7-5-12(4)11-8(7)9(2,3)6-13-10/h5H,6,10H2,1-4H3. The lowest BCUT2D eigenvalue weighted by atomic mass is 9.88. The fraction of sp³-hybridized carbons (Fsp3) is 0.667. The maximum Gasteiger partial charge on any atom is 0.0786 e. The second-order valence-electron chi connectivity index (χ2n) is 4.03. The van der Waals surface area contributed by atoms with E-state index in [0.29, 0.717) is 6.61 Å². The van der Waals surface area contributed by atoms with E-state index in [2.05, 4.69) is 23.8 Å². The zero-order valence-electron chi connectivity index (χ0n) is 8.66. The minimum Gasteiger partial charge on any atom is -0.304 e. The summed E-state index contributed by atoms with van der Waals surface area (Å²) in [6.45, 7) is 6.65. The van der Waals surface area contributed by atoms with Crippen LogP contribution in [0, 0.1) is 6.92 Å². The van der Waals surface area contributed by atoms with E-state index >= 15 is 0 Å². The van der Waals surface area contributed by atoms with Crippen LogP contribution in [0.3, 0.4) is 0 Å². The van der Waals surface area contributed by atoms with Crippen LogP contribution in [0.25, 0.3) is 0 Å². The molecule has 0 aliphatic heterocycles. The van der Waals surface area contributed by atoms with Gasteiger partial charge in [-0.3, -0.25) is 4.68 Å². The van der Waals surface area contributed by atoms with E-state index in [1.807, 2.05) is 24.9 Å². The third-order valence-electron chi connectivity index (χ3n) is 2.10. The summed E-state index contributed by atoms with van der Waals surface area (Å²) in [7, 11) is 1.91. The molecule has 0 saturated heterocycles. The molecule has 0 atom stereocenters. The van der Waals surface area contributed by atoms with Crippen molar-refractivity contribution in [2.24, 2.45) is 12.9 Å². The van der Waals surface area contributed by atoms with E-state index in [0.717, 1.165) is 5.69 Å². The van der Waals surface area contributed by atoms with Gasteiger partial charge in [-0.1, -0.05) is 13.8 Å². The molecule has 0 bridgehead atoms. The average molecular weight is 183 g/mol. The van der Waals surface area contributed by atoms with E-state index in [1.54, 1.807) is 0 Å². The Hall–Kier alpha value is -0.870. The van der Waals surface area contributed by atoms with Crippen LogP contribution in [0.1, 0.15) is 25.1 Å². The molecule has 2 N–H and O–H groups in total. The topological polar surface area (TPSA) is 53.1 Å². The fourth-order valence-electron chi connectivity index (χ4n) is 1.55.